The lowest BCUT2D eigenvalue weighted by Gasteiger charge is -2.66. The first kappa shape index (κ1) is 19.1. The number of nitrogens with one attached hydrogen (secondary N) is 2. The highest BCUT2D eigenvalue weighted by Gasteiger charge is 2.79. The van der Waals surface area contributed by atoms with Crippen LogP contribution in [0, 0.1) is 5.92 Å². The van der Waals surface area contributed by atoms with E-state index in [0.29, 0.717) is 30.4 Å². The Hall–Kier alpha value is -2.36. The molecule has 3 amide bonds. The predicted molar refractivity (Wildman–Crippen MR) is 110 cm³/mol. The van der Waals surface area contributed by atoms with Crippen molar-refractivity contribution in [3.63, 3.8) is 0 Å². The molecule has 7 rings (SSSR count). The van der Waals surface area contributed by atoms with Crippen LogP contribution < -0.4 is 20.1 Å². The molecule has 6 unspecified atom stereocenters. The van der Waals surface area contributed by atoms with E-state index in [-0.39, 0.29) is 12.8 Å². The van der Waals surface area contributed by atoms with Crippen LogP contribution >= 0.6 is 0 Å². The maximum absolute atomic E-state index is 13.1. The van der Waals surface area contributed by atoms with Crippen molar-refractivity contribution >= 4 is 11.9 Å². The Morgan fingerprint density at radius 2 is 2.06 bits per heavy atom. The van der Waals surface area contributed by atoms with Gasteiger partial charge in [-0.2, -0.15) is 0 Å². The molecule has 0 radical (unpaired) electrons. The van der Waals surface area contributed by atoms with Crippen molar-refractivity contribution in [2.24, 2.45) is 5.92 Å². The highest BCUT2D eigenvalue weighted by molar-refractivity contribution is 6.08. The molecule has 170 valence electrons. The molecule has 1 aromatic rings. The quantitative estimate of drug-likeness (QED) is 0.499. The standard InChI is InChI=1S/C23H27N3O6/c1-31-13-5-4-12-14-16(13)32-18-21(14)8-9-26(10-11-2-3-11)17(15(12)27)23(21,30)7-6-22(18)19(28)24-20(29)25-22/h4-5,11,15,17-18,27,30H,2-3,6-10H2,1H3,(H2,24,25,28,29). The van der Waals surface area contributed by atoms with Crippen LogP contribution in [-0.2, 0) is 10.2 Å². The van der Waals surface area contributed by atoms with Crippen LogP contribution in [0.3, 0.4) is 0 Å². The Balaban J connectivity index is 1.48. The number of fused-ring (bicyclic) bond motifs is 1. The first-order valence-corrected chi connectivity index (χ1v) is 11.5. The predicted octanol–water partition coefficient (Wildman–Crippen LogP) is 0.328. The summed E-state index contributed by atoms with van der Waals surface area (Å²) in [5.41, 5.74) is -2.03. The number of benzene rings is 1. The molecule has 3 aliphatic carbocycles. The highest BCUT2D eigenvalue weighted by atomic mass is 16.5. The summed E-state index contributed by atoms with van der Waals surface area (Å²) in [5, 5.41) is 29.3. The van der Waals surface area contributed by atoms with Crippen LogP contribution in [0.1, 0.15) is 49.3 Å². The molecular formula is C23H27N3O6. The molecule has 2 bridgehead atoms. The van der Waals surface area contributed by atoms with Gasteiger partial charge in [-0.25, -0.2) is 4.79 Å². The van der Waals surface area contributed by atoms with Gasteiger partial charge < -0.3 is 25.0 Å². The second-order valence-corrected chi connectivity index (χ2v) is 10.4. The molecule has 0 aromatic heterocycles. The van der Waals surface area contributed by atoms with Crippen LogP contribution in [0.5, 0.6) is 11.5 Å². The number of carbonyl (C=O) groups excluding carboxylic acids is 2. The number of hydrogen-bond donors (Lipinski definition) is 4. The summed E-state index contributed by atoms with van der Waals surface area (Å²) in [5.74, 6) is 1.16. The van der Waals surface area contributed by atoms with E-state index in [4.69, 9.17) is 9.47 Å². The first-order valence-electron chi connectivity index (χ1n) is 11.5. The Morgan fingerprint density at radius 1 is 1.25 bits per heavy atom. The van der Waals surface area contributed by atoms with Crippen molar-refractivity contribution in [2.75, 3.05) is 20.2 Å². The topological polar surface area (TPSA) is 120 Å². The maximum atomic E-state index is 13.1. The third kappa shape index (κ3) is 1.94. The van der Waals surface area contributed by atoms with Crippen molar-refractivity contribution in [1.29, 1.82) is 0 Å². The summed E-state index contributed by atoms with van der Waals surface area (Å²) >= 11 is 0. The average Bonchev–Trinajstić information content (AvgIpc) is 3.43. The Morgan fingerprint density at radius 3 is 2.75 bits per heavy atom. The zero-order valence-corrected chi connectivity index (χ0v) is 17.9. The first-order chi connectivity index (χ1) is 15.4. The number of piperidine rings is 1. The fourth-order valence-corrected chi connectivity index (χ4v) is 7.60. The summed E-state index contributed by atoms with van der Waals surface area (Å²) in [7, 11) is 1.55. The zero-order chi connectivity index (χ0) is 22.0. The molecule has 6 aliphatic rings. The van der Waals surface area contributed by atoms with Crippen LogP contribution in [0.25, 0.3) is 0 Å². The van der Waals surface area contributed by atoms with Gasteiger partial charge in [0.1, 0.15) is 6.10 Å². The number of hydrogen-bond acceptors (Lipinski definition) is 7. The number of rotatable bonds is 3. The van der Waals surface area contributed by atoms with Gasteiger partial charge in [0.2, 0.25) is 0 Å². The number of urea groups is 1. The van der Waals surface area contributed by atoms with Crippen LogP contribution in [-0.4, -0.2) is 70.5 Å². The second kappa shape index (κ2) is 5.76. The molecule has 9 heteroatoms. The van der Waals surface area contributed by atoms with Crippen molar-refractivity contribution in [1.82, 2.24) is 15.5 Å². The number of amides is 3. The molecule has 6 atom stereocenters. The van der Waals surface area contributed by atoms with Gasteiger partial charge in [0.15, 0.2) is 17.0 Å². The Kier molecular flexibility index (Phi) is 3.44. The molecule has 9 nitrogen and oxygen atoms in total. The number of likely N-dealkylation sites (tertiary alicyclic amines) is 1. The van der Waals surface area contributed by atoms with Crippen LogP contribution in [0.15, 0.2) is 12.1 Å². The molecular weight excluding hydrogens is 414 g/mol. The van der Waals surface area contributed by atoms with E-state index in [9.17, 15) is 19.8 Å². The van der Waals surface area contributed by atoms with Crippen molar-refractivity contribution in [3.8, 4) is 11.5 Å². The van der Waals surface area contributed by atoms with Gasteiger partial charge >= 0.3 is 6.03 Å². The van der Waals surface area contributed by atoms with Gasteiger partial charge in [-0.1, -0.05) is 6.07 Å². The van der Waals surface area contributed by atoms with Crippen LogP contribution in [0.2, 0.25) is 0 Å². The number of methoxy groups -OCH3 is 1. The molecule has 4 fully saturated rings. The Bertz CT molecular complexity index is 1070. The van der Waals surface area contributed by atoms with Gasteiger partial charge in [-0.05, 0) is 56.2 Å². The van der Waals surface area contributed by atoms with E-state index in [0.717, 1.165) is 17.7 Å². The van der Waals surface area contributed by atoms with E-state index in [1.54, 1.807) is 13.2 Å². The molecule has 4 N–H and O–H groups in total. The summed E-state index contributed by atoms with van der Waals surface area (Å²) in [6, 6.07) is 2.60. The SMILES string of the molecule is COc1ccc2c3c1OC1C4(CCC5(O)C(C2O)N(CC2CC2)CCC315)NC(=O)NC4=O. The molecule has 32 heavy (non-hydrogen) atoms. The molecule has 2 saturated carbocycles. The van der Waals surface area contributed by atoms with Gasteiger partial charge in [0.05, 0.1) is 30.3 Å². The van der Waals surface area contributed by atoms with E-state index < -0.39 is 46.7 Å². The number of imide groups is 1. The van der Waals surface area contributed by atoms with Gasteiger partial charge in [0, 0.05) is 12.1 Å². The van der Waals surface area contributed by atoms with E-state index >= 15 is 0 Å². The molecule has 2 saturated heterocycles. The smallest absolute Gasteiger partial charge is 0.322 e. The number of ether oxygens (including phenoxy) is 2. The number of carbonyl (C=O) groups is 2. The maximum Gasteiger partial charge on any atom is 0.322 e. The fraction of sp³-hybridized carbons (Fsp3) is 0.652. The highest BCUT2D eigenvalue weighted by Crippen LogP contribution is 2.69. The minimum absolute atomic E-state index is 0.236. The van der Waals surface area contributed by atoms with Crippen molar-refractivity contribution in [2.45, 2.75) is 66.9 Å². The Labute approximate surface area is 185 Å². The fourth-order valence-electron chi connectivity index (χ4n) is 7.60. The van der Waals surface area contributed by atoms with Gasteiger partial charge in [-0.3, -0.25) is 15.0 Å². The van der Waals surface area contributed by atoms with Crippen molar-refractivity contribution in [3.05, 3.63) is 23.3 Å². The van der Waals surface area contributed by atoms with E-state index in [1.165, 1.54) is 12.8 Å². The summed E-state index contributed by atoms with van der Waals surface area (Å²) < 4.78 is 12.1. The average molecular weight is 441 g/mol. The number of aliphatic hydroxyl groups is 2. The molecule has 2 spiro atoms. The number of nitrogens with zero attached hydrogens (tertiary/aromatic N) is 1. The second-order valence-electron chi connectivity index (χ2n) is 10.4. The molecule has 1 aromatic carbocycles. The third-order valence-electron chi connectivity index (χ3n) is 9.08. The van der Waals surface area contributed by atoms with E-state index in [1.807, 2.05) is 6.07 Å². The monoisotopic (exact) mass is 441 g/mol. The largest absolute Gasteiger partial charge is 0.493 e. The minimum atomic E-state index is -1.30. The minimum Gasteiger partial charge on any atom is -0.493 e. The lowest BCUT2D eigenvalue weighted by molar-refractivity contribution is -0.225. The van der Waals surface area contributed by atoms with Gasteiger partial charge in [-0.15, -0.1) is 0 Å². The summed E-state index contributed by atoms with van der Waals surface area (Å²) in [6.45, 7) is 1.54. The van der Waals surface area contributed by atoms with Crippen molar-refractivity contribution < 1.29 is 29.3 Å². The van der Waals surface area contributed by atoms with Gasteiger partial charge in [0.25, 0.3) is 5.91 Å². The lowest BCUT2D eigenvalue weighted by atomic mass is 9.45. The lowest BCUT2D eigenvalue weighted by Crippen LogP contribution is -2.82. The number of aliphatic hydroxyl groups excluding tert-OH is 1. The zero-order valence-electron chi connectivity index (χ0n) is 17.9. The summed E-state index contributed by atoms with van der Waals surface area (Å²) in [6.07, 6.45) is 1.78. The van der Waals surface area contributed by atoms with Crippen LogP contribution in [0.4, 0.5) is 4.79 Å². The molecule has 3 heterocycles. The molecule has 3 aliphatic heterocycles. The van der Waals surface area contributed by atoms with E-state index in [2.05, 4.69) is 15.5 Å². The normalized spacial score (nSPS) is 43.5. The third-order valence-corrected chi connectivity index (χ3v) is 9.08. The summed E-state index contributed by atoms with van der Waals surface area (Å²) in [4.78, 5) is 27.6.